The molecule has 0 bridgehead atoms. The highest BCUT2D eigenvalue weighted by Gasteiger charge is 2.30. The van der Waals surface area contributed by atoms with Gasteiger partial charge >= 0.3 is 0 Å². The number of rotatable bonds is 6. The van der Waals surface area contributed by atoms with E-state index in [-0.39, 0.29) is 17.7 Å². The van der Waals surface area contributed by atoms with E-state index in [0.717, 1.165) is 44.1 Å². The molecule has 2 fully saturated rings. The zero-order chi connectivity index (χ0) is 21.5. The van der Waals surface area contributed by atoms with Gasteiger partial charge in [0, 0.05) is 31.7 Å². The average Bonchev–Trinajstić information content (AvgIpc) is 2.98. The maximum Gasteiger partial charge on any atom is 0.252 e. The molecule has 1 heterocycles. The van der Waals surface area contributed by atoms with Crippen LogP contribution in [0.1, 0.15) is 68.3 Å². The highest BCUT2D eigenvalue weighted by Crippen LogP contribution is 2.25. The first-order chi connectivity index (χ1) is 14.5. The maximum atomic E-state index is 13.3. The Bertz CT molecular complexity index is 712. The summed E-state index contributed by atoms with van der Waals surface area (Å²) in [5.41, 5.74) is 1.57. The smallest absolute Gasteiger partial charge is 0.252 e. The summed E-state index contributed by atoms with van der Waals surface area (Å²) in [6.07, 6.45) is 7.87. The minimum absolute atomic E-state index is 0.0482. The van der Waals surface area contributed by atoms with E-state index in [2.05, 4.69) is 10.2 Å². The van der Waals surface area contributed by atoms with Crippen LogP contribution in [0.25, 0.3) is 0 Å². The van der Waals surface area contributed by atoms with Gasteiger partial charge in [0.1, 0.15) is 6.04 Å². The van der Waals surface area contributed by atoms with Crippen LogP contribution >= 0.6 is 0 Å². The molecule has 0 spiro atoms. The van der Waals surface area contributed by atoms with Gasteiger partial charge in [0.15, 0.2) is 0 Å². The third kappa shape index (κ3) is 6.07. The van der Waals surface area contributed by atoms with E-state index >= 15 is 0 Å². The lowest BCUT2D eigenvalue weighted by Crippen LogP contribution is -2.52. The molecule has 1 atom stereocenters. The first kappa shape index (κ1) is 22.8. The van der Waals surface area contributed by atoms with Crippen LogP contribution in [0.2, 0.25) is 0 Å². The van der Waals surface area contributed by atoms with Crippen molar-refractivity contribution in [1.82, 2.24) is 15.1 Å². The van der Waals surface area contributed by atoms with Crippen LogP contribution in [0, 0.1) is 18.8 Å². The van der Waals surface area contributed by atoms with Crippen LogP contribution in [0.4, 0.5) is 0 Å². The monoisotopic (exact) mass is 413 g/mol. The molecular weight excluding hydrogens is 374 g/mol. The predicted octanol–water partition coefficient (Wildman–Crippen LogP) is 3.86. The minimum Gasteiger partial charge on any atom is -0.340 e. The molecular formula is C25H39N3O2. The molecule has 1 aromatic rings. The number of nitrogens with one attached hydrogen (secondary N) is 1. The van der Waals surface area contributed by atoms with Gasteiger partial charge in [-0.2, -0.15) is 0 Å². The van der Waals surface area contributed by atoms with Gasteiger partial charge in [-0.05, 0) is 56.2 Å². The summed E-state index contributed by atoms with van der Waals surface area (Å²) in [6.45, 7) is 10.7. The highest BCUT2D eigenvalue weighted by atomic mass is 16.2. The van der Waals surface area contributed by atoms with Crippen LogP contribution < -0.4 is 5.32 Å². The van der Waals surface area contributed by atoms with Gasteiger partial charge in [-0.3, -0.25) is 9.59 Å². The fraction of sp³-hybridized carbons (Fsp3) is 0.680. The largest absolute Gasteiger partial charge is 0.340 e. The molecule has 1 aromatic carbocycles. The first-order valence-electron chi connectivity index (χ1n) is 11.8. The molecule has 0 radical (unpaired) electrons. The number of carbonyl (C=O) groups is 2. The lowest BCUT2D eigenvalue weighted by molar-refractivity contribution is -0.134. The van der Waals surface area contributed by atoms with E-state index < -0.39 is 6.04 Å². The van der Waals surface area contributed by atoms with E-state index in [1.54, 1.807) is 0 Å². The van der Waals surface area contributed by atoms with Crippen LogP contribution in [-0.4, -0.2) is 60.4 Å². The van der Waals surface area contributed by atoms with Gasteiger partial charge in [0.05, 0.1) is 0 Å². The first-order valence-corrected chi connectivity index (χ1v) is 11.8. The molecule has 0 aromatic heterocycles. The van der Waals surface area contributed by atoms with Crippen molar-refractivity contribution >= 4 is 11.8 Å². The molecule has 30 heavy (non-hydrogen) atoms. The lowest BCUT2D eigenvalue weighted by Gasteiger charge is -2.30. The second-order valence-electron chi connectivity index (χ2n) is 9.49. The van der Waals surface area contributed by atoms with Crippen molar-refractivity contribution in [2.24, 2.45) is 11.8 Å². The van der Waals surface area contributed by atoms with Gasteiger partial charge in [-0.25, -0.2) is 0 Å². The van der Waals surface area contributed by atoms with Crippen molar-refractivity contribution in [3.8, 4) is 0 Å². The number of hydrogen-bond acceptors (Lipinski definition) is 3. The van der Waals surface area contributed by atoms with Crippen molar-refractivity contribution in [1.29, 1.82) is 0 Å². The molecule has 5 nitrogen and oxygen atoms in total. The van der Waals surface area contributed by atoms with Gasteiger partial charge in [-0.1, -0.05) is 51.3 Å². The summed E-state index contributed by atoms with van der Waals surface area (Å²) in [7, 11) is 0. The maximum absolute atomic E-state index is 13.3. The standard InChI is InChI=1S/C25H39N3O2/c1-19(2)23(26-24(29)22-13-8-7-10-20(22)3)25(30)28-15-9-14-27(16-17-28)18-21-11-5-4-6-12-21/h7-8,10,13,19,21,23H,4-6,9,11-12,14-18H2,1-3H3,(H,26,29)/t23-/m1/s1. The van der Waals surface area contributed by atoms with Crippen molar-refractivity contribution in [2.75, 3.05) is 32.7 Å². The molecule has 5 heteroatoms. The Balaban J connectivity index is 1.58. The fourth-order valence-electron chi connectivity index (χ4n) is 4.87. The number of benzene rings is 1. The Labute approximate surface area is 182 Å². The van der Waals surface area contributed by atoms with Gasteiger partial charge in [0.25, 0.3) is 5.91 Å². The molecule has 1 aliphatic carbocycles. The average molecular weight is 414 g/mol. The van der Waals surface area contributed by atoms with Crippen LogP contribution in [0.5, 0.6) is 0 Å². The van der Waals surface area contributed by atoms with Crippen molar-refractivity contribution in [2.45, 2.75) is 65.3 Å². The Hall–Kier alpha value is -1.88. The van der Waals surface area contributed by atoms with Gasteiger partial charge < -0.3 is 15.1 Å². The van der Waals surface area contributed by atoms with Crippen LogP contribution in [0.3, 0.4) is 0 Å². The predicted molar refractivity (Wildman–Crippen MR) is 121 cm³/mol. The molecule has 2 aliphatic rings. The van der Waals surface area contributed by atoms with E-state index in [9.17, 15) is 9.59 Å². The second kappa shape index (κ2) is 10.9. The summed E-state index contributed by atoms with van der Waals surface area (Å²) in [5.74, 6) is 0.783. The van der Waals surface area contributed by atoms with E-state index in [4.69, 9.17) is 0 Å². The van der Waals surface area contributed by atoms with E-state index in [0.29, 0.717) is 5.56 Å². The second-order valence-corrected chi connectivity index (χ2v) is 9.49. The molecule has 0 unspecified atom stereocenters. The third-order valence-corrected chi connectivity index (χ3v) is 6.75. The molecule has 2 amide bonds. The Morgan fingerprint density at radius 1 is 1.00 bits per heavy atom. The molecule has 1 aliphatic heterocycles. The van der Waals surface area contributed by atoms with E-state index in [1.807, 2.05) is 49.9 Å². The number of aryl methyl sites for hydroxylation is 1. The summed E-state index contributed by atoms with van der Waals surface area (Å²) in [6, 6.07) is 7.05. The summed E-state index contributed by atoms with van der Waals surface area (Å²) >= 11 is 0. The van der Waals surface area contributed by atoms with Crippen LogP contribution in [-0.2, 0) is 4.79 Å². The fourth-order valence-corrected chi connectivity index (χ4v) is 4.87. The summed E-state index contributed by atoms with van der Waals surface area (Å²) in [4.78, 5) is 30.7. The number of amides is 2. The zero-order valence-corrected chi connectivity index (χ0v) is 19.0. The third-order valence-electron chi connectivity index (χ3n) is 6.75. The SMILES string of the molecule is Cc1ccccc1C(=O)N[C@@H](C(=O)N1CCCN(CC2CCCCC2)CC1)C(C)C. The number of hydrogen-bond donors (Lipinski definition) is 1. The van der Waals surface area contributed by atoms with E-state index in [1.165, 1.54) is 38.6 Å². The molecule has 3 rings (SSSR count). The molecule has 1 saturated heterocycles. The summed E-state index contributed by atoms with van der Waals surface area (Å²) < 4.78 is 0. The summed E-state index contributed by atoms with van der Waals surface area (Å²) in [5, 5.41) is 3.02. The number of nitrogens with zero attached hydrogens (tertiary/aromatic N) is 2. The quantitative estimate of drug-likeness (QED) is 0.770. The lowest BCUT2D eigenvalue weighted by atomic mass is 9.89. The Kier molecular flexibility index (Phi) is 8.32. The van der Waals surface area contributed by atoms with Crippen molar-refractivity contribution < 1.29 is 9.59 Å². The van der Waals surface area contributed by atoms with Crippen molar-refractivity contribution in [3.63, 3.8) is 0 Å². The zero-order valence-electron chi connectivity index (χ0n) is 19.0. The topological polar surface area (TPSA) is 52.7 Å². The molecule has 1 N–H and O–H groups in total. The van der Waals surface area contributed by atoms with Crippen LogP contribution in [0.15, 0.2) is 24.3 Å². The molecule has 1 saturated carbocycles. The van der Waals surface area contributed by atoms with Crippen molar-refractivity contribution in [3.05, 3.63) is 35.4 Å². The normalized spacial score (nSPS) is 20.1. The molecule has 166 valence electrons. The Morgan fingerprint density at radius 2 is 1.73 bits per heavy atom. The highest BCUT2D eigenvalue weighted by molar-refractivity contribution is 5.98. The Morgan fingerprint density at radius 3 is 2.43 bits per heavy atom. The minimum atomic E-state index is -0.484. The number of carbonyl (C=O) groups excluding carboxylic acids is 2. The van der Waals surface area contributed by atoms with Gasteiger partial charge in [0.2, 0.25) is 5.91 Å². The van der Waals surface area contributed by atoms with Gasteiger partial charge in [-0.15, -0.1) is 0 Å².